The van der Waals surface area contributed by atoms with Crippen molar-refractivity contribution in [3.63, 3.8) is 0 Å². The Balaban J connectivity index is 1.87. The number of nitrogens with zero attached hydrogens (tertiary/aromatic N) is 1. The fourth-order valence-electron chi connectivity index (χ4n) is 2.60. The maximum absolute atomic E-state index is 11.1. The molecule has 0 atom stereocenters. The van der Waals surface area contributed by atoms with Crippen molar-refractivity contribution < 1.29 is 9.53 Å². The lowest BCUT2D eigenvalue weighted by atomic mass is 10.1. The summed E-state index contributed by atoms with van der Waals surface area (Å²) in [6.45, 7) is 1.97. The zero-order valence-corrected chi connectivity index (χ0v) is 13.4. The highest BCUT2D eigenvalue weighted by molar-refractivity contribution is 5.76. The van der Waals surface area contributed by atoms with E-state index in [4.69, 9.17) is 10.6 Å². The molecule has 0 saturated carbocycles. The molecule has 122 valence electrons. The van der Waals surface area contributed by atoms with Crippen molar-refractivity contribution in [2.24, 2.45) is 5.84 Å². The second-order valence-electron chi connectivity index (χ2n) is 5.41. The third-order valence-corrected chi connectivity index (χ3v) is 3.77. The Hall–Kier alpha value is -3.05. The molecular weight excluding hydrogens is 302 g/mol. The van der Waals surface area contributed by atoms with Gasteiger partial charge in [0.2, 0.25) is 0 Å². The second-order valence-corrected chi connectivity index (χ2v) is 5.41. The van der Waals surface area contributed by atoms with Gasteiger partial charge in [-0.1, -0.05) is 30.3 Å². The molecule has 24 heavy (non-hydrogen) atoms. The van der Waals surface area contributed by atoms with E-state index < -0.39 is 0 Å². The predicted octanol–water partition coefficient (Wildman–Crippen LogP) is 2.82. The number of hydrogen-bond acceptors (Lipinski definition) is 3. The van der Waals surface area contributed by atoms with Gasteiger partial charge >= 0.3 is 0 Å². The number of hydrazine groups is 1. The number of aromatic nitrogens is 1. The lowest BCUT2D eigenvalue weighted by Gasteiger charge is -2.13. The van der Waals surface area contributed by atoms with Crippen LogP contribution >= 0.6 is 0 Å². The second kappa shape index (κ2) is 7.02. The Bertz CT molecular complexity index is 824. The van der Waals surface area contributed by atoms with Crippen LogP contribution < -0.4 is 16.0 Å². The summed E-state index contributed by atoms with van der Waals surface area (Å²) in [5, 5.41) is 0. The quantitative estimate of drug-likeness (QED) is 0.431. The number of rotatable bonds is 5. The lowest BCUT2D eigenvalue weighted by molar-refractivity contribution is -0.123. The Labute approximate surface area is 140 Å². The third-order valence-electron chi connectivity index (χ3n) is 3.77. The van der Waals surface area contributed by atoms with Crippen molar-refractivity contribution in [3.05, 3.63) is 72.4 Å². The highest BCUT2D eigenvalue weighted by atomic mass is 16.5. The van der Waals surface area contributed by atoms with E-state index in [9.17, 15) is 4.79 Å². The molecule has 3 N–H and O–H groups in total. The fourth-order valence-corrected chi connectivity index (χ4v) is 2.60. The largest absolute Gasteiger partial charge is 0.484 e. The van der Waals surface area contributed by atoms with E-state index >= 15 is 0 Å². The van der Waals surface area contributed by atoms with Crippen LogP contribution in [-0.4, -0.2) is 17.1 Å². The number of hydrogen-bond donors (Lipinski definition) is 2. The summed E-state index contributed by atoms with van der Waals surface area (Å²) in [5.41, 5.74) is 6.50. The third kappa shape index (κ3) is 3.31. The average molecular weight is 321 g/mol. The van der Waals surface area contributed by atoms with Gasteiger partial charge in [0.1, 0.15) is 5.75 Å². The van der Waals surface area contributed by atoms with Gasteiger partial charge in [-0.05, 0) is 48.9 Å². The molecule has 0 unspecified atom stereocenters. The molecule has 1 amide bonds. The number of amides is 1. The number of ether oxygens (including phenoxy) is 1. The first kappa shape index (κ1) is 15.8. The minimum absolute atomic E-state index is 0.104. The van der Waals surface area contributed by atoms with Crippen molar-refractivity contribution in [1.82, 2.24) is 9.99 Å². The number of carbonyl (C=O) groups is 1. The van der Waals surface area contributed by atoms with E-state index in [0.29, 0.717) is 5.75 Å². The van der Waals surface area contributed by atoms with Crippen LogP contribution in [0.5, 0.6) is 5.75 Å². The van der Waals surface area contributed by atoms with Crippen LogP contribution in [0.15, 0.2) is 66.7 Å². The molecule has 0 aliphatic carbocycles. The SMILES string of the molecule is Cc1ccc(-c2ccccc2)n1-c1ccc(OCC(=O)NN)cc1. The molecule has 0 radical (unpaired) electrons. The monoisotopic (exact) mass is 321 g/mol. The van der Waals surface area contributed by atoms with E-state index in [2.05, 4.69) is 35.8 Å². The molecule has 0 spiro atoms. The summed E-state index contributed by atoms with van der Waals surface area (Å²) in [6.07, 6.45) is 0. The van der Waals surface area contributed by atoms with Crippen molar-refractivity contribution in [3.8, 4) is 22.7 Å². The minimum Gasteiger partial charge on any atom is -0.484 e. The van der Waals surface area contributed by atoms with Gasteiger partial charge in [0.05, 0.1) is 5.69 Å². The molecule has 2 aromatic carbocycles. The van der Waals surface area contributed by atoms with Crippen LogP contribution in [0.3, 0.4) is 0 Å². The molecule has 3 aromatic rings. The Morgan fingerprint density at radius 3 is 2.42 bits per heavy atom. The molecular formula is C19H19N3O2. The van der Waals surface area contributed by atoms with Crippen LogP contribution in [-0.2, 0) is 4.79 Å². The first-order chi connectivity index (χ1) is 11.7. The van der Waals surface area contributed by atoms with Gasteiger partial charge in [-0.15, -0.1) is 0 Å². The summed E-state index contributed by atoms with van der Waals surface area (Å²) < 4.78 is 7.56. The smallest absolute Gasteiger partial charge is 0.271 e. The van der Waals surface area contributed by atoms with Crippen LogP contribution in [0.25, 0.3) is 16.9 Å². The Kier molecular flexibility index (Phi) is 4.63. The van der Waals surface area contributed by atoms with Crippen LogP contribution in [0.2, 0.25) is 0 Å². The highest BCUT2D eigenvalue weighted by Crippen LogP contribution is 2.27. The van der Waals surface area contributed by atoms with Gasteiger partial charge in [0, 0.05) is 11.4 Å². The molecule has 5 nitrogen and oxygen atoms in total. The molecule has 1 aromatic heterocycles. The summed E-state index contributed by atoms with van der Waals surface area (Å²) in [7, 11) is 0. The molecule has 3 rings (SSSR count). The number of nitrogens with one attached hydrogen (secondary N) is 1. The van der Waals surface area contributed by atoms with Gasteiger partial charge in [-0.2, -0.15) is 0 Å². The van der Waals surface area contributed by atoms with Crippen molar-refractivity contribution >= 4 is 5.91 Å². The molecule has 0 bridgehead atoms. The summed E-state index contributed by atoms with van der Waals surface area (Å²) in [4.78, 5) is 11.1. The van der Waals surface area contributed by atoms with Crippen molar-refractivity contribution in [2.45, 2.75) is 6.92 Å². The standard InChI is InChI=1S/C19H19N3O2/c1-14-7-12-18(15-5-3-2-4-6-15)22(14)16-8-10-17(11-9-16)24-13-19(23)21-20/h2-12H,13,20H2,1H3,(H,21,23). The molecule has 5 heteroatoms. The topological polar surface area (TPSA) is 69.3 Å². The van der Waals surface area contributed by atoms with Crippen LogP contribution in [0.4, 0.5) is 0 Å². The maximum atomic E-state index is 11.1. The van der Waals surface area contributed by atoms with Gasteiger partial charge in [-0.25, -0.2) is 5.84 Å². The highest BCUT2D eigenvalue weighted by Gasteiger charge is 2.09. The van der Waals surface area contributed by atoms with Gasteiger partial charge < -0.3 is 9.30 Å². The van der Waals surface area contributed by atoms with Crippen molar-refractivity contribution in [2.75, 3.05) is 6.61 Å². The number of benzene rings is 2. The minimum atomic E-state index is -0.369. The molecule has 0 aliphatic heterocycles. The lowest BCUT2D eigenvalue weighted by Crippen LogP contribution is -2.34. The maximum Gasteiger partial charge on any atom is 0.271 e. The number of carbonyl (C=O) groups excluding carboxylic acids is 1. The normalized spacial score (nSPS) is 10.4. The fraction of sp³-hybridized carbons (Fsp3) is 0.105. The van der Waals surface area contributed by atoms with E-state index in [1.807, 2.05) is 47.9 Å². The summed E-state index contributed by atoms with van der Waals surface area (Å²) in [6, 6.07) is 22.1. The summed E-state index contributed by atoms with van der Waals surface area (Å²) >= 11 is 0. The first-order valence-electron chi connectivity index (χ1n) is 7.65. The molecule has 0 fully saturated rings. The number of aryl methyl sites for hydroxylation is 1. The first-order valence-corrected chi connectivity index (χ1v) is 7.65. The van der Waals surface area contributed by atoms with Crippen LogP contribution in [0.1, 0.15) is 5.69 Å². The van der Waals surface area contributed by atoms with Crippen LogP contribution in [0, 0.1) is 6.92 Å². The van der Waals surface area contributed by atoms with E-state index in [0.717, 1.165) is 22.6 Å². The molecule has 0 saturated heterocycles. The summed E-state index contributed by atoms with van der Waals surface area (Å²) in [5.74, 6) is 5.28. The van der Waals surface area contributed by atoms with Gasteiger partial charge in [-0.3, -0.25) is 10.2 Å². The van der Waals surface area contributed by atoms with E-state index in [1.165, 1.54) is 0 Å². The van der Waals surface area contributed by atoms with Gasteiger partial charge in [0.15, 0.2) is 6.61 Å². The Morgan fingerprint density at radius 1 is 1.04 bits per heavy atom. The predicted molar refractivity (Wildman–Crippen MR) is 93.8 cm³/mol. The van der Waals surface area contributed by atoms with Crippen molar-refractivity contribution in [1.29, 1.82) is 0 Å². The van der Waals surface area contributed by atoms with E-state index in [1.54, 1.807) is 0 Å². The molecule has 0 aliphatic rings. The van der Waals surface area contributed by atoms with E-state index in [-0.39, 0.29) is 12.5 Å². The average Bonchev–Trinajstić information content (AvgIpc) is 3.02. The zero-order chi connectivity index (χ0) is 16.9. The van der Waals surface area contributed by atoms with Gasteiger partial charge in [0.25, 0.3) is 5.91 Å². The Morgan fingerprint density at radius 2 is 1.75 bits per heavy atom. The molecule has 1 heterocycles. The number of nitrogens with two attached hydrogens (primary N) is 1. The zero-order valence-electron chi connectivity index (χ0n) is 13.4.